The predicted molar refractivity (Wildman–Crippen MR) is 77.3 cm³/mol. The number of benzene rings is 1. The van der Waals surface area contributed by atoms with Crippen molar-refractivity contribution in [3.63, 3.8) is 0 Å². The summed E-state index contributed by atoms with van der Waals surface area (Å²) in [5, 5.41) is 0. The van der Waals surface area contributed by atoms with Crippen molar-refractivity contribution in [3.8, 4) is 0 Å². The van der Waals surface area contributed by atoms with Gasteiger partial charge in [0.2, 0.25) is 0 Å². The summed E-state index contributed by atoms with van der Waals surface area (Å²) in [4.78, 5) is -0.197. The van der Waals surface area contributed by atoms with Crippen molar-refractivity contribution in [2.24, 2.45) is 0 Å². The summed E-state index contributed by atoms with van der Waals surface area (Å²) < 4.78 is 55.7. The molecule has 0 spiro atoms. The minimum absolute atomic E-state index is 0.197. The lowest BCUT2D eigenvalue weighted by molar-refractivity contribution is 0.00578. The van der Waals surface area contributed by atoms with Gasteiger partial charge in [0.1, 0.15) is 9.73 Å². The third-order valence-corrected chi connectivity index (χ3v) is 5.48. The van der Waals surface area contributed by atoms with E-state index in [0.717, 1.165) is 0 Å². The summed E-state index contributed by atoms with van der Waals surface area (Å²) in [6.07, 6.45) is 0. The summed E-state index contributed by atoms with van der Waals surface area (Å²) in [5.41, 5.74) is -0.355. The van der Waals surface area contributed by atoms with Gasteiger partial charge in [-0.15, -0.1) is 0 Å². The van der Waals surface area contributed by atoms with Crippen molar-refractivity contribution >= 4 is 22.3 Å². The highest BCUT2D eigenvalue weighted by Crippen LogP contribution is 2.36. The molecule has 1 heterocycles. The summed E-state index contributed by atoms with van der Waals surface area (Å²) in [6, 6.07) is 5.55. The molecule has 0 aliphatic carbocycles. The van der Waals surface area contributed by atoms with E-state index >= 15 is 0 Å². The van der Waals surface area contributed by atoms with Gasteiger partial charge < -0.3 is 9.31 Å². The fourth-order valence-electron chi connectivity index (χ4n) is 1.91. The monoisotopic (exact) mass is 317 g/mol. The molecule has 0 radical (unpaired) electrons. The lowest BCUT2D eigenvalue weighted by Crippen LogP contribution is -2.41. The number of hydrogen-bond donors (Lipinski definition) is 1. The fraction of sp³-hybridized carbons (Fsp3) is 0.538. The van der Waals surface area contributed by atoms with Crippen LogP contribution in [0.1, 0.15) is 27.7 Å². The first-order valence-electron chi connectivity index (χ1n) is 6.49. The van der Waals surface area contributed by atoms with E-state index in [-0.39, 0.29) is 4.90 Å². The van der Waals surface area contributed by atoms with E-state index in [1.54, 1.807) is 0 Å². The number of alkyl halides is 2. The molecule has 1 aromatic carbocycles. The molecular weight excluding hydrogens is 299 g/mol. The number of hydrogen-bond acceptors (Lipinski definition) is 4. The highest BCUT2D eigenvalue weighted by atomic mass is 32.2. The van der Waals surface area contributed by atoms with E-state index in [0.29, 0.717) is 5.46 Å². The van der Waals surface area contributed by atoms with Crippen LogP contribution in [-0.4, -0.2) is 28.3 Å². The first-order valence-corrected chi connectivity index (χ1v) is 8.11. The molecule has 116 valence electrons. The number of nitrogens with one attached hydrogen (secondary N) is 1. The molecule has 0 bridgehead atoms. The summed E-state index contributed by atoms with van der Waals surface area (Å²) in [7, 11) is -4.69. The molecule has 1 saturated heterocycles. The van der Waals surface area contributed by atoms with Crippen molar-refractivity contribution in [1.82, 2.24) is 0 Å². The quantitative estimate of drug-likeness (QED) is 0.872. The average molecular weight is 317 g/mol. The van der Waals surface area contributed by atoms with Crippen LogP contribution in [0.15, 0.2) is 29.2 Å². The zero-order valence-electron chi connectivity index (χ0n) is 12.4. The molecule has 1 N–H and O–H groups in total. The van der Waals surface area contributed by atoms with Crippen LogP contribution < -0.4 is 5.46 Å². The van der Waals surface area contributed by atoms with Crippen molar-refractivity contribution in [3.05, 3.63) is 24.3 Å². The maximum atomic E-state index is 12.6. The van der Waals surface area contributed by atoms with Crippen molar-refractivity contribution in [2.75, 3.05) is 0 Å². The Morgan fingerprint density at radius 2 is 1.52 bits per heavy atom. The van der Waals surface area contributed by atoms with E-state index < -0.39 is 33.8 Å². The minimum Gasteiger partial charge on any atom is -0.399 e. The van der Waals surface area contributed by atoms with Gasteiger partial charge in [0.05, 0.1) is 16.1 Å². The van der Waals surface area contributed by atoms with Crippen LogP contribution in [0, 0.1) is 4.78 Å². The second-order valence-corrected chi connectivity index (χ2v) is 8.05. The van der Waals surface area contributed by atoms with E-state index in [9.17, 15) is 13.0 Å². The van der Waals surface area contributed by atoms with Crippen LogP contribution in [0.3, 0.4) is 0 Å². The highest BCUT2D eigenvalue weighted by Gasteiger charge is 2.51. The normalized spacial score (nSPS) is 23.3. The van der Waals surface area contributed by atoms with Gasteiger partial charge in [0.25, 0.3) is 0 Å². The van der Waals surface area contributed by atoms with E-state index in [4.69, 9.17) is 14.1 Å². The topological polar surface area (TPSA) is 59.4 Å². The third kappa shape index (κ3) is 2.84. The van der Waals surface area contributed by atoms with Gasteiger partial charge in [-0.25, -0.2) is 8.99 Å². The third-order valence-electron chi connectivity index (χ3n) is 4.01. The molecule has 1 atom stereocenters. The second-order valence-electron chi connectivity index (χ2n) is 6.02. The van der Waals surface area contributed by atoms with Crippen LogP contribution >= 0.6 is 0 Å². The van der Waals surface area contributed by atoms with E-state index in [1.165, 1.54) is 24.3 Å². The number of rotatable bonds is 3. The maximum absolute atomic E-state index is 12.6. The van der Waals surface area contributed by atoms with Crippen LogP contribution in [0.5, 0.6) is 0 Å². The zero-order chi connectivity index (χ0) is 16.1. The molecule has 1 aliphatic rings. The molecule has 0 amide bonds. The Labute approximate surface area is 123 Å². The smallest absolute Gasteiger partial charge is 0.399 e. The standard InChI is InChI=1S/C13H18BF2NO3S/c1-12(2)13(3,4)20-14(19-12)9-5-7-10(8-6-9)21(17,18)11(15)16/h5-8,11,17H,1-4H3. The van der Waals surface area contributed by atoms with E-state index in [2.05, 4.69) is 0 Å². The Morgan fingerprint density at radius 1 is 1.10 bits per heavy atom. The Morgan fingerprint density at radius 3 is 1.90 bits per heavy atom. The lowest BCUT2D eigenvalue weighted by atomic mass is 9.79. The fourth-order valence-corrected chi connectivity index (χ4v) is 2.66. The first kappa shape index (κ1) is 16.4. The minimum atomic E-state index is -4.08. The molecule has 1 unspecified atom stereocenters. The second kappa shape index (κ2) is 5.03. The average Bonchev–Trinajstić information content (AvgIpc) is 2.58. The zero-order valence-corrected chi connectivity index (χ0v) is 13.2. The largest absolute Gasteiger partial charge is 0.494 e. The molecule has 1 aromatic rings. The van der Waals surface area contributed by atoms with Crippen molar-refractivity contribution in [2.45, 2.75) is 49.6 Å². The van der Waals surface area contributed by atoms with Gasteiger partial charge in [0, 0.05) is 0 Å². The maximum Gasteiger partial charge on any atom is 0.494 e. The van der Waals surface area contributed by atoms with Gasteiger partial charge in [-0.3, -0.25) is 0 Å². The van der Waals surface area contributed by atoms with Crippen molar-refractivity contribution in [1.29, 1.82) is 4.78 Å². The molecule has 4 nitrogen and oxygen atoms in total. The van der Waals surface area contributed by atoms with Gasteiger partial charge >= 0.3 is 12.9 Å². The Balaban J connectivity index is 2.26. The first-order chi connectivity index (χ1) is 9.47. The predicted octanol–water partition coefficient (Wildman–Crippen LogP) is 2.61. The summed E-state index contributed by atoms with van der Waals surface area (Å²) in [5.74, 6) is -3.21. The SMILES string of the molecule is CC1(C)OB(c2ccc(S(=N)(=O)C(F)F)cc2)OC1(C)C. The molecule has 2 rings (SSSR count). The summed E-state index contributed by atoms with van der Waals surface area (Å²) in [6.45, 7) is 7.65. The number of halogens is 2. The van der Waals surface area contributed by atoms with Gasteiger partial charge in [0.15, 0.2) is 0 Å². The van der Waals surface area contributed by atoms with Gasteiger partial charge in [-0.1, -0.05) is 12.1 Å². The molecule has 0 aromatic heterocycles. The van der Waals surface area contributed by atoms with Gasteiger partial charge in [-0.05, 0) is 45.3 Å². The Kier molecular flexibility index (Phi) is 3.93. The molecule has 1 fully saturated rings. The Hall–Kier alpha value is -0.985. The highest BCUT2D eigenvalue weighted by molar-refractivity contribution is 7.92. The molecule has 21 heavy (non-hydrogen) atoms. The van der Waals surface area contributed by atoms with Crippen molar-refractivity contribution < 1.29 is 22.3 Å². The lowest BCUT2D eigenvalue weighted by Gasteiger charge is -2.32. The Bertz CT molecular complexity index is 613. The van der Waals surface area contributed by atoms with Crippen LogP contribution in [-0.2, 0) is 19.0 Å². The molecule has 8 heteroatoms. The molecular formula is C13H18BF2NO3S. The van der Waals surface area contributed by atoms with Crippen LogP contribution in [0.25, 0.3) is 0 Å². The summed E-state index contributed by atoms with van der Waals surface area (Å²) >= 11 is 0. The van der Waals surface area contributed by atoms with Crippen LogP contribution in [0.4, 0.5) is 8.78 Å². The van der Waals surface area contributed by atoms with E-state index in [1.807, 2.05) is 27.7 Å². The van der Waals surface area contributed by atoms with Crippen LogP contribution in [0.2, 0.25) is 0 Å². The van der Waals surface area contributed by atoms with Gasteiger partial charge in [-0.2, -0.15) is 8.78 Å². The molecule has 1 aliphatic heterocycles. The molecule has 0 saturated carbocycles.